The molecule has 6 heteroatoms. The summed E-state index contributed by atoms with van der Waals surface area (Å²) in [4.78, 5) is 22.6. The summed E-state index contributed by atoms with van der Waals surface area (Å²) >= 11 is 0. The van der Waals surface area contributed by atoms with Crippen molar-refractivity contribution < 1.29 is 9.53 Å². The van der Waals surface area contributed by atoms with E-state index in [0.29, 0.717) is 18.0 Å². The summed E-state index contributed by atoms with van der Waals surface area (Å²) in [6.45, 7) is 1.48. The van der Waals surface area contributed by atoms with Crippen LogP contribution >= 0.6 is 0 Å². The average molecular weight is 360 g/mol. The van der Waals surface area contributed by atoms with Gasteiger partial charge in [-0.05, 0) is 29.8 Å². The molecule has 0 saturated carbocycles. The highest BCUT2D eigenvalue weighted by Gasteiger charge is 2.27. The highest BCUT2D eigenvalue weighted by Crippen LogP contribution is 2.30. The highest BCUT2D eigenvalue weighted by atomic mass is 16.5. The number of benzene rings is 1. The molecule has 1 aromatic carbocycles. The molecule has 1 saturated heterocycles. The lowest BCUT2D eigenvalue weighted by Crippen LogP contribution is -2.27. The third kappa shape index (κ3) is 3.74. The van der Waals surface area contributed by atoms with E-state index in [1.54, 1.807) is 18.6 Å². The number of nitrogens with zero attached hydrogens (tertiary/aromatic N) is 3. The molecule has 1 atom stereocenters. The van der Waals surface area contributed by atoms with E-state index in [1.165, 1.54) is 0 Å². The molecule has 0 bridgehead atoms. The van der Waals surface area contributed by atoms with Gasteiger partial charge in [0.15, 0.2) is 0 Å². The molecule has 0 spiro atoms. The number of hydrogen-bond donors (Lipinski definition) is 1. The molecular weight excluding hydrogens is 340 g/mol. The largest absolute Gasteiger partial charge is 0.472 e. The fraction of sp³-hybridized carbons (Fsp3) is 0.190. The van der Waals surface area contributed by atoms with Crippen LogP contribution < -0.4 is 15.4 Å². The Morgan fingerprint density at radius 3 is 2.78 bits per heavy atom. The maximum absolute atomic E-state index is 12.1. The van der Waals surface area contributed by atoms with Crippen LogP contribution in [0, 0.1) is 0 Å². The SMILES string of the molecule is NC(=O)c1cc(-c2cccnc2)ccc1N1CC[C@@H](Oc2ccccn2)C1. The van der Waals surface area contributed by atoms with Gasteiger partial charge in [0.25, 0.3) is 5.91 Å². The van der Waals surface area contributed by atoms with Crippen molar-refractivity contribution in [3.8, 4) is 17.0 Å². The van der Waals surface area contributed by atoms with Crippen molar-refractivity contribution in [2.24, 2.45) is 5.73 Å². The van der Waals surface area contributed by atoms with Crippen molar-refractivity contribution in [3.63, 3.8) is 0 Å². The zero-order chi connectivity index (χ0) is 18.6. The van der Waals surface area contributed by atoms with E-state index in [2.05, 4.69) is 14.9 Å². The van der Waals surface area contributed by atoms with Gasteiger partial charge in [-0.15, -0.1) is 0 Å². The number of hydrogen-bond acceptors (Lipinski definition) is 5. The zero-order valence-electron chi connectivity index (χ0n) is 14.8. The van der Waals surface area contributed by atoms with Gasteiger partial charge in [0.1, 0.15) is 6.10 Å². The van der Waals surface area contributed by atoms with Crippen molar-refractivity contribution in [2.45, 2.75) is 12.5 Å². The van der Waals surface area contributed by atoms with Gasteiger partial charge in [0.2, 0.25) is 5.88 Å². The second-order valence-corrected chi connectivity index (χ2v) is 6.48. The lowest BCUT2D eigenvalue weighted by molar-refractivity contribution is 0.100. The second kappa shape index (κ2) is 7.45. The third-order valence-corrected chi connectivity index (χ3v) is 4.67. The van der Waals surface area contributed by atoms with Gasteiger partial charge in [0, 0.05) is 48.9 Å². The maximum atomic E-state index is 12.1. The van der Waals surface area contributed by atoms with E-state index < -0.39 is 5.91 Å². The Balaban J connectivity index is 1.56. The Kier molecular flexibility index (Phi) is 4.70. The monoisotopic (exact) mass is 360 g/mol. The Bertz CT molecular complexity index is 931. The Hall–Kier alpha value is -3.41. The Morgan fingerprint density at radius 1 is 1.11 bits per heavy atom. The number of primary amides is 1. The molecule has 1 amide bonds. The molecule has 1 aliphatic rings. The number of amides is 1. The fourth-order valence-electron chi connectivity index (χ4n) is 3.35. The van der Waals surface area contributed by atoms with Crippen molar-refractivity contribution in [3.05, 3.63) is 72.7 Å². The van der Waals surface area contributed by atoms with E-state index in [1.807, 2.05) is 48.5 Å². The minimum Gasteiger partial charge on any atom is -0.472 e. The first-order valence-electron chi connectivity index (χ1n) is 8.87. The molecule has 2 aromatic heterocycles. The first-order valence-corrected chi connectivity index (χ1v) is 8.87. The summed E-state index contributed by atoms with van der Waals surface area (Å²) in [6.07, 6.45) is 6.09. The molecule has 3 aromatic rings. The summed E-state index contributed by atoms with van der Waals surface area (Å²) in [6, 6.07) is 15.2. The van der Waals surface area contributed by atoms with Crippen LogP contribution in [0.3, 0.4) is 0 Å². The molecule has 6 nitrogen and oxygen atoms in total. The molecule has 136 valence electrons. The van der Waals surface area contributed by atoms with Crippen LogP contribution in [-0.4, -0.2) is 35.1 Å². The minimum absolute atomic E-state index is 0.0265. The lowest BCUT2D eigenvalue weighted by atomic mass is 10.0. The van der Waals surface area contributed by atoms with Crippen LogP contribution in [0.15, 0.2) is 67.1 Å². The number of anilines is 1. The third-order valence-electron chi connectivity index (χ3n) is 4.67. The summed E-state index contributed by atoms with van der Waals surface area (Å²) in [7, 11) is 0. The summed E-state index contributed by atoms with van der Waals surface area (Å²) < 4.78 is 5.94. The molecule has 1 fully saturated rings. The van der Waals surface area contributed by atoms with Gasteiger partial charge in [-0.3, -0.25) is 9.78 Å². The highest BCUT2D eigenvalue weighted by molar-refractivity contribution is 6.00. The molecule has 0 unspecified atom stereocenters. The number of ether oxygens (including phenoxy) is 1. The topological polar surface area (TPSA) is 81.3 Å². The quantitative estimate of drug-likeness (QED) is 0.757. The van der Waals surface area contributed by atoms with E-state index in [-0.39, 0.29) is 6.10 Å². The number of carbonyl (C=O) groups excluding carboxylic acids is 1. The van der Waals surface area contributed by atoms with E-state index in [4.69, 9.17) is 10.5 Å². The van der Waals surface area contributed by atoms with Crippen LogP contribution in [-0.2, 0) is 0 Å². The van der Waals surface area contributed by atoms with Gasteiger partial charge in [-0.2, -0.15) is 0 Å². The van der Waals surface area contributed by atoms with Crippen LogP contribution in [0.5, 0.6) is 5.88 Å². The average Bonchev–Trinajstić information content (AvgIpc) is 3.17. The van der Waals surface area contributed by atoms with Gasteiger partial charge in [-0.1, -0.05) is 18.2 Å². The maximum Gasteiger partial charge on any atom is 0.250 e. The van der Waals surface area contributed by atoms with Gasteiger partial charge < -0.3 is 15.4 Å². The number of rotatable bonds is 5. The summed E-state index contributed by atoms with van der Waals surface area (Å²) in [5.74, 6) is 0.177. The van der Waals surface area contributed by atoms with E-state index in [0.717, 1.165) is 29.8 Å². The van der Waals surface area contributed by atoms with E-state index in [9.17, 15) is 4.79 Å². The van der Waals surface area contributed by atoms with Crippen LogP contribution in [0.1, 0.15) is 16.8 Å². The second-order valence-electron chi connectivity index (χ2n) is 6.48. The fourth-order valence-corrected chi connectivity index (χ4v) is 3.35. The van der Waals surface area contributed by atoms with E-state index >= 15 is 0 Å². The first-order chi connectivity index (χ1) is 13.2. The smallest absolute Gasteiger partial charge is 0.250 e. The molecule has 0 aliphatic carbocycles. The number of carbonyl (C=O) groups is 1. The lowest BCUT2D eigenvalue weighted by Gasteiger charge is -2.22. The van der Waals surface area contributed by atoms with Crippen LogP contribution in [0.25, 0.3) is 11.1 Å². The number of pyridine rings is 2. The minimum atomic E-state index is -0.440. The number of aromatic nitrogens is 2. The molecule has 3 heterocycles. The molecule has 2 N–H and O–H groups in total. The number of nitrogens with two attached hydrogens (primary N) is 1. The van der Waals surface area contributed by atoms with Crippen molar-refractivity contribution in [2.75, 3.05) is 18.0 Å². The van der Waals surface area contributed by atoms with Crippen LogP contribution in [0.2, 0.25) is 0 Å². The Labute approximate surface area is 157 Å². The predicted molar refractivity (Wildman–Crippen MR) is 104 cm³/mol. The van der Waals surface area contributed by atoms with Gasteiger partial charge in [-0.25, -0.2) is 4.98 Å². The standard InChI is InChI=1S/C21H20N4O2/c22-21(26)18-12-15(16-4-3-9-23-13-16)6-7-19(18)25-11-8-17(14-25)27-20-5-1-2-10-24-20/h1-7,9-10,12-13,17H,8,11,14H2,(H2,22,26)/t17-/m1/s1. The molecular formula is C21H20N4O2. The Morgan fingerprint density at radius 2 is 2.04 bits per heavy atom. The predicted octanol–water partition coefficient (Wildman–Crippen LogP) is 2.90. The molecule has 1 aliphatic heterocycles. The van der Waals surface area contributed by atoms with Crippen molar-refractivity contribution in [1.82, 2.24) is 9.97 Å². The molecule has 0 radical (unpaired) electrons. The zero-order valence-corrected chi connectivity index (χ0v) is 14.8. The van der Waals surface area contributed by atoms with Gasteiger partial charge >= 0.3 is 0 Å². The van der Waals surface area contributed by atoms with Crippen LogP contribution in [0.4, 0.5) is 5.69 Å². The van der Waals surface area contributed by atoms with Crippen molar-refractivity contribution >= 4 is 11.6 Å². The summed E-state index contributed by atoms with van der Waals surface area (Å²) in [5, 5.41) is 0. The molecule has 4 rings (SSSR count). The van der Waals surface area contributed by atoms with Gasteiger partial charge in [0.05, 0.1) is 12.1 Å². The molecule has 27 heavy (non-hydrogen) atoms. The normalized spacial score (nSPS) is 16.3. The first kappa shape index (κ1) is 17.0. The van der Waals surface area contributed by atoms with Crippen molar-refractivity contribution in [1.29, 1.82) is 0 Å². The summed E-state index contributed by atoms with van der Waals surface area (Å²) in [5.41, 5.74) is 8.88.